The molecule has 1 saturated heterocycles. The third kappa shape index (κ3) is 3.74. The van der Waals surface area contributed by atoms with Crippen molar-refractivity contribution < 1.29 is 9.90 Å². The number of aliphatic carboxylic acids is 1. The summed E-state index contributed by atoms with van der Waals surface area (Å²) >= 11 is 0. The van der Waals surface area contributed by atoms with Gasteiger partial charge in [0, 0.05) is 30.6 Å². The highest BCUT2D eigenvalue weighted by Gasteiger charge is 2.22. The Morgan fingerprint density at radius 1 is 1.39 bits per heavy atom. The Bertz CT molecular complexity index is 674. The van der Waals surface area contributed by atoms with E-state index in [1.54, 1.807) is 0 Å². The number of benzene rings is 1. The van der Waals surface area contributed by atoms with Gasteiger partial charge in [0.1, 0.15) is 6.04 Å². The summed E-state index contributed by atoms with van der Waals surface area (Å²) in [5.74, 6) is -0.197. The Balaban J connectivity index is 1.69. The number of nitrogens with one attached hydrogen (secondary N) is 2. The normalized spacial score (nSPS) is 17.4. The van der Waals surface area contributed by atoms with Crippen LogP contribution in [0.4, 0.5) is 0 Å². The molecule has 1 fully saturated rings. The van der Waals surface area contributed by atoms with E-state index in [1.807, 2.05) is 25.4 Å². The molecule has 1 aliphatic rings. The van der Waals surface area contributed by atoms with Crippen molar-refractivity contribution in [2.45, 2.75) is 25.3 Å². The van der Waals surface area contributed by atoms with Crippen molar-refractivity contribution in [1.82, 2.24) is 15.2 Å². The molecule has 3 N–H and O–H groups in total. The van der Waals surface area contributed by atoms with Crippen LogP contribution in [0.1, 0.15) is 18.4 Å². The SMILES string of the molecule is Cn1cc(C[C@@H](NCC2CCNCC2)C(=O)O)c2ccccc21. The summed E-state index contributed by atoms with van der Waals surface area (Å²) in [7, 11) is 2.00. The Morgan fingerprint density at radius 2 is 2.13 bits per heavy atom. The van der Waals surface area contributed by atoms with Gasteiger partial charge in [0.2, 0.25) is 0 Å². The zero-order chi connectivity index (χ0) is 16.2. The fraction of sp³-hybridized carbons (Fsp3) is 0.500. The molecule has 1 atom stereocenters. The molecule has 0 bridgehead atoms. The standard InChI is InChI=1S/C18H25N3O2/c1-21-12-14(15-4-2-3-5-17(15)21)10-16(18(22)23)20-11-13-6-8-19-9-7-13/h2-5,12-13,16,19-20H,6-11H2,1H3,(H,22,23)/t16-/m1/s1. The largest absolute Gasteiger partial charge is 0.480 e. The van der Waals surface area contributed by atoms with E-state index in [2.05, 4.69) is 27.3 Å². The lowest BCUT2D eigenvalue weighted by atomic mass is 9.97. The van der Waals surface area contributed by atoms with Gasteiger partial charge in [-0.25, -0.2) is 0 Å². The number of nitrogens with zero attached hydrogens (tertiary/aromatic N) is 1. The lowest BCUT2D eigenvalue weighted by Crippen LogP contribution is -2.43. The second-order valence-corrected chi connectivity index (χ2v) is 6.48. The van der Waals surface area contributed by atoms with E-state index in [0.29, 0.717) is 12.3 Å². The number of hydrogen-bond donors (Lipinski definition) is 3. The number of carboxylic acid groups (broad SMARTS) is 1. The van der Waals surface area contributed by atoms with Gasteiger partial charge in [-0.3, -0.25) is 4.79 Å². The zero-order valence-corrected chi connectivity index (χ0v) is 13.6. The summed E-state index contributed by atoms with van der Waals surface area (Å²) in [6.45, 7) is 2.85. The predicted octanol–water partition coefficient (Wildman–Crippen LogP) is 1.76. The molecule has 0 saturated carbocycles. The van der Waals surface area contributed by atoms with Crippen molar-refractivity contribution in [3.63, 3.8) is 0 Å². The zero-order valence-electron chi connectivity index (χ0n) is 13.6. The van der Waals surface area contributed by atoms with Gasteiger partial charge in [0.05, 0.1) is 0 Å². The molecule has 0 radical (unpaired) electrons. The predicted molar refractivity (Wildman–Crippen MR) is 91.6 cm³/mol. The number of aromatic nitrogens is 1. The summed E-state index contributed by atoms with van der Waals surface area (Å²) in [5.41, 5.74) is 2.23. The third-order valence-corrected chi connectivity index (χ3v) is 4.81. The van der Waals surface area contributed by atoms with Crippen LogP contribution in [-0.2, 0) is 18.3 Å². The number of para-hydroxylation sites is 1. The maximum atomic E-state index is 11.6. The van der Waals surface area contributed by atoms with Gasteiger partial charge in [0.25, 0.3) is 0 Å². The highest BCUT2D eigenvalue weighted by Crippen LogP contribution is 2.21. The molecule has 124 valence electrons. The van der Waals surface area contributed by atoms with E-state index < -0.39 is 12.0 Å². The van der Waals surface area contributed by atoms with Crippen LogP contribution >= 0.6 is 0 Å². The van der Waals surface area contributed by atoms with E-state index in [9.17, 15) is 9.90 Å². The van der Waals surface area contributed by atoms with Crippen molar-refractivity contribution in [1.29, 1.82) is 0 Å². The minimum Gasteiger partial charge on any atom is -0.480 e. The van der Waals surface area contributed by atoms with Crippen LogP contribution in [0.5, 0.6) is 0 Å². The molecule has 0 amide bonds. The average molecular weight is 315 g/mol. The number of carboxylic acids is 1. The fourth-order valence-electron chi connectivity index (χ4n) is 3.45. The van der Waals surface area contributed by atoms with E-state index in [1.165, 1.54) is 0 Å². The molecule has 23 heavy (non-hydrogen) atoms. The fourth-order valence-corrected chi connectivity index (χ4v) is 3.45. The molecular weight excluding hydrogens is 290 g/mol. The van der Waals surface area contributed by atoms with Gasteiger partial charge in [-0.05, 0) is 50.0 Å². The molecule has 1 aliphatic heterocycles. The van der Waals surface area contributed by atoms with Crippen LogP contribution in [0.15, 0.2) is 30.5 Å². The maximum absolute atomic E-state index is 11.6. The number of hydrogen-bond acceptors (Lipinski definition) is 3. The molecule has 2 aromatic rings. The first-order valence-corrected chi connectivity index (χ1v) is 8.35. The highest BCUT2D eigenvalue weighted by atomic mass is 16.4. The smallest absolute Gasteiger partial charge is 0.321 e. The number of rotatable bonds is 6. The monoisotopic (exact) mass is 315 g/mol. The Labute approximate surface area is 136 Å². The molecule has 5 heteroatoms. The average Bonchev–Trinajstić information content (AvgIpc) is 2.88. The van der Waals surface area contributed by atoms with Gasteiger partial charge < -0.3 is 20.3 Å². The molecule has 1 aromatic heterocycles. The summed E-state index contributed by atoms with van der Waals surface area (Å²) < 4.78 is 2.07. The van der Waals surface area contributed by atoms with Crippen LogP contribution in [0.25, 0.3) is 10.9 Å². The third-order valence-electron chi connectivity index (χ3n) is 4.81. The van der Waals surface area contributed by atoms with Crippen LogP contribution in [0, 0.1) is 5.92 Å². The van der Waals surface area contributed by atoms with Crippen LogP contribution in [0.2, 0.25) is 0 Å². The van der Waals surface area contributed by atoms with Crippen LogP contribution in [-0.4, -0.2) is 41.3 Å². The quantitative estimate of drug-likeness (QED) is 0.760. The molecular formula is C18H25N3O2. The topological polar surface area (TPSA) is 66.3 Å². The molecule has 5 nitrogen and oxygen atoms in total. The summed E-state index contributed by atoms with van der Waals surface area (Å²) in [6.07, 6.45) is 4.80. The number of aryl methyl sites for hydroxylation is 1. The molecule has 0 unspecified atom stereocenters. The lowest BCUT2D eigenvalue weighted by Gasteiger charge is -2.24. The van der Waals surface area contributed by atoms with Crippen molar-refractivity contribution in [3.05, 3.63) is 36.0 Å². The number of piperidine rings is 1. The van der Waals surface area contributed by atoms with Crippen molar-refractivity contribution in [2.75, 3.05) is 19.6 Å². The first kappa shape index (κ1) is 16.0. The lowest BCUT2D eigenvalue weighted by molar-refractivity contribution is -0.139. The molecule has 0 aliphatic carbocycles. The summed E-state index contributed by atoms with van der Waals surface area (Å²) in [4.78, 5) is 11.6. The maximum Gasteiger partial charge on any atom is 0.321 e. The van der Waals surface area contributed by atoms with Crippen LogP contribution in [0.3, 0.4) is 0 Å². The Morgan fingerprint density at radius 3 is 2.87 bits per heavy atom. The highest BCUT2D eigenvalue weighted by molar-refractivity contribution is 5.85. The van der Waals surface area contributed by atoms with Gasteiger partial charge in [-0.1, -0.05) is 18.2 Å². The minimum atomic E-state index is -0.771. The van der Waals surface area contributed by atoms with E-state index >= 15 is 0 Å². The van der Waals surface area contributed by atoms with Crippen molar-refractivity contribution in [2.24, 2.45) is 13.0 Å². The first-order chi connectivity index (χ1) is 11.1. The van der Waals surface area contributed by atoms with E-state index in [-0.39, 0.29) is 0 Å². The Kier molecular flexibility index (Phi) is 4.98. The minimum absolute atomic E-state index is 0.516. The summed E-state index contributed by atoms with van der Waals surface area (Å²) in [6, 6.07) is 7.61. The molecule has 3 rings (SSSR count). The van der Waals surface area contributed by atoms with Gasteiger partial charge in [0.15, 0.2) is 0 Å². The van der Waals surface area contributed by atoms with Gasteiger partial charge in [-0.15, -0.1) is 0 Å². The first-order valence-electron chi connectivity index (χ1n) is 8.35. The van der Waals surface area contributed by atoms with E-state index in [0.717, 1.165) is 48.9 Å². The van der Waals surface area contributed by atoms with Gasteiger partial charge in [-0.2, -0.15) is 0 Å². The van der Waals surface area contributed by atoms with E-state index in [4.69, 9.17) is 0 Å². The second kappa shape index (κ2) is 7.15. The van der Waals surface area contributed by atoms with Crippen LogP contribution < -0.4 is 10.6 Å². The number of fused-ring (bicyclic) bond motifs is 1. The van der Waals surface area contributed by atoms with Crippen molar-refractivity contribution >= 4 is 16.9 Å². The molecule has 1 aromatic carbocycles. The van der Waals surface area contributed by atoms with Gasteiger partial charge >= 0.3 is 5.97 Å². The van der Waals surface area contributed by atoms with Crippen molar-refractivity contribution in [3.8, 4) is 0 Å². The molecule has 2 heterocycles. The molecule has 0 spiro atoms. The Hall–Kier alpha value is -1.85. The summed E-state index contributed by atoms with van der Waals surface area (Å²) in [5, 5.41) is 17.3. The number of carbonyl (C=O) groups is 1. The second-order valence-electron chi connectivity index (χ2n) is 6.48.